The summed E-state index contributed by atoms with van der Waals surface area (Å²) in [6.45, 7) is 0. The van der Waals surface area contributed by atoms with Crippen LogP contribution in [0.5, 0.6) is 0 Å². The molecular formula is C12H8FN3OS. The number of aromatic amines is 1. The monoisotopic (exact) mass is 261 g/mol. The standard InChI is InChI=1S/C12H8FN3OS/c13-8-3-1-2-7(4-8)5-9-10-11(17)14-6-15-12(10)18-16-9/h1-4,6H,5H2,(H,14,15,17). The van der Waals surface area contributed by atoms with Crippen LogP contribution in [0.1, 0.15) is 11.3 Å². The minimum atomic E-state index is -0.293. The maximum atomic E-state index is 13.1. The summed E-state index contributed by atoms with van der Waals surface area (Å²) in [7, 11) is 0. The first-order chi connectivity index (χ1) is 8.74. The van der Waals surface area contributed by atoms with E-state index >= 15 is 0 Å². The number of halogens is 1. The third-order valence-corrected chi connectivity index (χ3v) is 3.40. The van der Waals surface area contributed by atoms with Gasteiger partial charge in [0, 0.05) is 6.42 Å². The molecule has 0 amide bonds. The minimum absolute atomic E-state index is 0.208. The van der Waals surface area contributed by atoms with Gasteiger partial charge in [-0.3, -0.25) is 4.79 Å². The third kappa shape index (κ3) is 1.91. The van der Waals surface area contributed by atoms with Crippen LogP contribution in [-0.2, 0) is 6.42 Å². The van der Waals surface area contributed by atoms with E-state index in [-0.39, 0.29) is 11.4 Å². The highest BCUT2D eigenvalue weighted by Crippen LogP contribution is 2.19. The molecule has 18 heavy (non-hydrogen) atoms. The number of nitrogens with zero attached hydrogens (tertiary/aromatic N) is 2. The first-order valence-electron chi connectivity index (χ1n) is 5.30. The van der Waals surface area contributed by atoms with Crippen molar-refractivity contribution in [2.24, 2.45) is 0 Å². The molecule has 0 radical (unpaired) electrons. The summed E-state index contributed by atoms with van der Waals surface area (Å²) in [6, 6.07) is 6.27. The number of hydrogen-bond acceptors (Lipinski definition) is 4. The molecular weight excluding hydrogens is 253 g/mol. The summed E-state index contributed by atoms with van der Waals surface area (Å²) in [5, 5.41) is 0.492. The van der Waals surface area contributed by atoms with Crippen LogP contribution in [0.25, 0.3) is 10.2 Å². The second kappa shape index (κ2) is 4.30. The number of fused-ring (bicyclic) bond motifs is 1. The molecule has 0 saturated carbocycles. The Morgan fingerprint density at radius 2 is 2.28 bits per heavy atom. The first kappa shape index (κ1) is 11.0. The summed E-state index contributed by atoms with van der Waals surface area (Å²) in [4.78, 5) is 18.9. The Labute approximate surface area is 105 Å². The Bertz CT molecular complexity index is 765. The summed E-state index contributed by atoms with van der Waals surface area (Å²) in [5.74, 6) is -0.293. The molecule has 0 aliphatic rings. The zero-order valence-corrected chi connectivity index (χ0v) is 10.00. The molecule has 1 N–H and O–H groups in total. The van der Waals surface area contributed by atoms with Crippen LogP contribution in [0.3, 0.4) is 0 Å². The van der Waals surface area contributed by atoms with Gasteiger partial charge in [-0.25, -0.2) is 9.37 Å². The summed E-state index contributed by atoms with van der Waals surface area (Å²) in [5.41, 5.74) is 1.21. The fourth-order valence-corrected chi connectivity index (χ4v) is 2.57. The Morgan fingerprint density at radius 1 is 1.39 bits per heavy atom. The zero-order valence-electron chi connectivity index (χ0n) is 9.18. The van der Waals surface area contributed by atoms with Gasteiger partial charge in [-0.2, -0.15) is 4.37 Å². The van der Waals surface area contributed by atoms with Crippen molar-refractivity contribution in [3.05, 3.63) is 58.0 Å². The third-order valence-electron chi connectivity index (χ3n) is 2.61. The Balaban J connectivity index is 2.08. The van der Waals surface area contributed by atoms with E-state index in [0.29, 0.717) is 22.3 Å². The molecule has 3 aromatic rings. The number of rotatable bonds is 2. The average Bonchev–Trinajstić information content (AvgIpc) is 2.74. The first-order valence-corrected chi connectivity index (χ1v) is 6.08. The molecule has 0 bridgehead atoms. The average molecular weight is 261 g/mol. The summed E-state index contributed by atoms with van der Waals surface area (Å²) in [6.07, 6.45) is 1.78. The maximum absolute atomic E-state index is 13.1. The SMILES string of the molecule is O=c1[nH]cnc2snc(Cc3cccc(F)c3)c12. The van der Waals surface area contributed by atoms with Crippen molar-refractivity contribution < 1.29 is 4.39 Å². The lowest BCUT2D eigenvalue weighted by Crippen LogP contribution is -2.07. The maximum Gasteiger partial charge on any atom is 0.261 e. The van der Waals surface area contributed by atoms with Crippen molar-refractivity contribution in [1.29, 1.82) is 0 Å². The lowest BCUT2D eigenvalue weighted by atomic mass is 10.1. The van der Waals surface area contributed by atoms with Gasteiger partial charge in [0.15, 0.2) is 4.83 Å². The number of aromatic nitrogens is 3. The van der Waals surface area contributed by atoms with Crippen LogP contribution in [0.15, 0.2) is 35.4 Å². The summed E-state index contributed by atoms with van der Waals surface area (Å²) >= 11 is 1.18. The second-order valence-electron chi connectivity index (χ2n) is 3.85. The molecule has 0 aliphatic carbocycles. The quantitative estimate of drug-likeness (QED) is 0.768. The van der Waals surface area contributed by atoms with Crippen LogP contribution in [0, 0.1) is 5.82 Å². The van der Waals surface area contributed by atoms with E-state index < -0.39 is 0 Å². The van der Waals surface area contributed by atoms with Crippen LogP contribution in [0.4, 0.5) is 4.39 Å². The van der Waals surface area contributed by atoms with E-state index in [1.807, 2.05) is 0 Å². The molecule has 0 fully saturated rings. The molecule has 3 rings (SSSR count). The highest BCUT2D eigenvalue weighted by atomic mass is 32.1. The van der Waals surface area contributed by atoms with Gasteiger partial charge in [-0.05, 0) is 29.2 Å². The molecule has 6 heteroatoms. The van der Waals surface area contributed by atoms with Crippen LogP contribution in [0.2, 0.25) is 0 Å². The Hall–Kier alpha value is -2.08. The zero-order chi connectivity index (χ0) is 12.5. The highest BCUT2D eigenvalue weighted by molar-refractivity contribution is 7.12. The lowest BCUT2D eigenvalue weighted by Gasteiger charge is -1.98. The molecule has 2 heterocycles. The van der Waals surface area contributed by atoms with Crippen molar-refractivity contribution >= 4 is 21.7 Å². The van der Waals surface area contributed by atoms with Gasteiger partial charge in [-0.15, -0.1) is 0 Å². The molecule has 0 unspecified atom stereocenters. The van der Waals surface area contributed by atoms with Crippen molar-refractivity contribution in [2.45, 2.75) is 6.42 Å². The van der Waals surface area contributed by atoms with Crippen LogP contribution < -0.4 is 5.56 Å². The molecule has 4 nitrogen and oxygen atoms in total. The smallest absolute Gasteiger partial charge is 0.261 e. The number of nitrogens with one attached hydrogen (secondary N) is 1. The van der Waals surface area contributed by atoms with E-state index in [9.17, 15) is 9.18 Å². The summed E-state index contributed by atoms with van der Waals surface area (Å²) < 4.78 is 17.3. The van der Waals surface area contributed by atoms with Gasteiger partial charge < -0.3 is 4.98 Å². The van der Waals surface area contributed by atoms with Gasteiger partial charge in [0.05, 0.1) is 12.0 Å². The van der Waals surface area contributed by atoms with Gasteiger partial charge in [-0.1, -0.05) is 12.1 Å². The lowest BCUT2D eigenvalue weighted by molar-refractivity contribution is 0.626. The molecule has 0 saturated heterocycles. The number of hydrogen-bond donors (Lipinski definition) is 1. The minimum Gasteiger partial charge on any atom is -0.312 e. The fraction of sp³-hybridized carbons (Fsp3) is 0.0833. The Morgan fingerprint density at radius 3 is 3.11 bits per heavy atom. The number of benzene rings is 1. The predicted molar refractivity (Wildman–Crippen MR) is 67.2 cm³/mol. The fourth-order valence-electron chi connectivity index (χ4n) is 1.81. The van der Waals surface area contributed by atoms with Gasteiger partial charge in [0.1, 0.15) is 11.2 Å². The Kier molecular flexibility index (Phi) is 2.64. The molecule has 90 valence electrons. The van der Waals surface area contributed by atoms with Crippen molar-refractivity contribution in [3.8, 4) is 0 Å². The molecule has 0 aliphatic heterocycles. The van der Waals surface area contributed by atoms with E-state index in [1.165, 1.54) is 30.0 Å². The number of H-pyrrole nitrogens is 1. The van der Waals surface area contributed by atoms with Crippen LogP contribution >= 0.6 is 11.5 Å². The van der Waals surface area contributed by atoms with Crippen molar-refractivity contribution in [2.75, 3.05) is 0 Å². The molecule has 0 atom stereocenters. The molecule has 2 aromatic heterocycles. The second-order valence-corrected chi connectivity index (χ2v) is 4.60. The molecule has 0 spiro atoms. The molecule has 1 aromatic carbocycles. The highest BCUT2D eigenvalue weighted by Gasteiger charge is 2.11. The van der Waals surface area contributed by atoms with E-state index in [0.717, 1.165) is 5.56 Å². The predicted octanol–water partition coefficient (Wildman–Crippen LogP) is 2.11. The van der Waals surface area contributed by atoms with Gasteiger partial charge >= 0.3 is 0 Å². The van der Waals surface area contributed by atoms with Crippen molar-refractivity contribution in [3.63, 3.8) is 0 Å². The topological polar surface area (TPSA) is 58.6 Å². The van der Waals surface area contributed by atoms with E-state index in [1.54, 1.807) is 12.1 Å². The van der Waals surface area contributed by atoms with Crippen molar-refractivity contribution in [1.82, 2.24) is 14.3 Å². The van der Waals surface area contributed by atoms with E-state index in [4.69, 9.17) is 0 Å². The van der Waals surface area contributed by atoms with E-state index in [2.05, 4.69) is 14.3 Å². The largest absolute Gasteiger partial charge is 0.312 e. The van der Waals surface area contributed by atoms with Gasteiger partial charge in [0.2, 0.25) is 0 Å². The van der Waals surface area contributed by atoms with Gasteiger partial charge in [0.25, 0.3) is 5.56 Å². The van der Waals surface area contributed by atoms with Crippen LogP contribution in [-0.4, -0.2) is 14.3 Å². The normalized spacial score (nSPS) is 10.9.